The van der Waals surface area contributed by atoms with Crippen LogP contribution >= 0.6 is 0 Å². The van der Waals surface area contributed by atoms with Crippen molar-refractivity contribution in [2.24, 2.45) is 5.92 Å². The van der Waals surface area contributed by atoms with E-state index >= 15 is 0 Å². The van der Waals surface area contributed by atoms with Gasteiger partial charge in [-0.2, -0.15) is 0 Å². The van der Waals surface area contributed by atoms with Crippen molar-refractivity contribution >= 4 is 0 Å². The first-order valence-electron chi connectivity index (χ1n) is 6.76. The van der Waals surface area contributed by atoms with Crippen molar-refractivity contribution in [3.63, 3.8) is 0 Å². The number of nitrogens with one attached hydrogen (secondary N) is 1. The Morgan fingerprint density at radius 2 is 1.76 bits per heavy atom. The Bertz CT molecular complexity index is 302. The van der Waals surface area contributed by atoms with Gasteiger partial charge < -0.3 is 5.32 Å². The maximum atomic E-state index is 4.12. The van der Waals surface area contributed by atoms with Crippen molar-refractivity contribution in [3.05, 3.63) is 30.1 Å². The molecule has 0 saturated carbocycles. The molecule has 1 aromatic rings. The third-order valence-corrected chi connectivity index (χ3v) is 3.66. The van der Waals surface area contributed by atoms with E-state index in [0.29, 0.717) is 5.92 Å². The van der Waals surface area contributed by atoms with Crippen LogP contribution in [0, 0.1) is 5.92 Å². The van der Waals surface area contributed by atoms with Gasteiger partial charge in [0, 0.05) is 24.4 Å². The molecule has 0 aliphatic rings. The van der Waals surface area contributed by atoms with E-state index in [1.54, 1.807) is 0 Å². The molecule has 2 heteroatoms. The number of aromatic nitrogens is 1. The smallest absolute Gasteiger partial charge is 0.0270 e. The average Bonchev–Trinajstić information content (AvgIpc) is 2.36. The molecule has 0 saturated heterocycles. The molecule has 0 aliphatic carbocycles. The van der Waals surface area contributed by atoms with Crippen molar-refractivity contribution in [2.45, 2.75) is 46.0 Å². The summed E-state index contributed by atoms with van der Waals surface area (Å²) in [7, 11) is 0. The molecule has 17 heavy (non-hydrogen) atoms. The molecule has 0 spiro atoms. The maximum Gasteiger partial charge on any atom is 0.0270 e. The second-order valence-corrected chi connectivity index (χ2v) is 5.25. The Balaban J connectivity index is 2.75. The third kappa shape index (κ3) is 3.81. The third-order valence-electron chi connectivity index (χ3n) is 3.66. The summed E-state index contributed by atoms with van der Waals surface area (Å²) in [4.78, 5) is 4.12. The Morgan fingerprint density at radius 3 is 2.24 bits per heavy atom. The summed E-state index contributed by atoms with van der Waals surface area (Å²) < 4.78 is 0. The lowest BCUT2D eigenvalue weighted by atomic mass is 9.76. The number of rotatable bonds is 7. The Labute approximate surface area is 106 Å². The monoisotopic (exact) mass is 234 g/mol. The molecule has 96 valence electrons. The van der Waals surface area contributed by atoms with Gasteiger partial charge in [-0.15, -0.1) is 0 Å². The molecule has 2 nitrogen and oxygen atoms in total. The highest BCUT2D eigenvalue weighted by atomic mass is 14.9. The quantitative estimate of drug-likeness (QED) is 0.782. The molecule has 0 radical (unpaired) electrons. The second kappa shape index (κ2) is 6.75. The van der Waals surface area contributed by atoms with Crippen molar-refractivity contribution in [1.29, 1.82) is 0 Å². The summed E-state index contributed by atoms with van der Waals surface area (Å²) in [6, 6.07) is 4.31. The van der Waals surface area contributed by atoms with Crippen LogP contribution in [-0.2, 0) is 5.41 Å². The molecule has 1 aromatic heterocycles. The van der Waals surface area contributed by atoms with Crippen molar-refractivity contribution in [1.82, 2.24) is 10.3 Å². The second-order valence-electron chi connectivity index (χ2n) is 5.25. The summed E-state index contributed by atoms with van der Waals surface area (Å²) in [6.07, 6.45) is 6.13. The number of hydrogen-bond donors (Lipinski definition) is 1. The molecule has 1 N–H and O–H groups in total. The first-order valence-corrected chi connectivity index (χ1v) is 6.76. The van der Waals surface area contributed by atoms with Crippen LogP contribution in [0.15, 0.2) is 24.5 Å². The zero-order valence-corrected chi connectivity index (χ0v) is 11.7. The van der Waals surface area contributed by atoms with Crippen LogP contribution in [0.3, 0.4) is 0 Å². The van der Waals surface area contributed by atoms with Crippen LogP contribution in [-0.4, -0.2) is 18.1 Å². The molecule has 0 aromatic carbocycles. The zero-order valence-electron chi connectivity index (χ0n) is 11.7. The molecule has 1 rings (SSSR count). The van der Waals surface area contributed by atoms with Crippen molar-refractivity contribution in [2.75, 3.05) is 13.1 Å². The number of hydrogen-bond acceptors (Lipinski definition) is 2. The fourth-order valence-corrected chi connectivity index (χ4v) is 2.32. The Morgan fingerprint density at radius 1 is 1.18 bits per heavy atom. The van der Waals surface area contributed by atoms with E-state index in [4.69, 9.17) is 0 Å². The van der Waals surface area contributed by atoms with Crippen LogP contribution in [0.1, 0.15) is 46.1 Å². The summed E-state index contributed by atoms with van der Waals surface area (Å²) in [5.41, 5.74) is 1.67. The van der Waals surface area contributed by atoms with E-state index in [2.05, 4.69) is 50.1 Å². The molecule has 1 heterocycles. The van der Waals surface area contributed by atoms with Crippen LogP contribution in [0.4, 0.5) is 0 Å². The van der Waals surface area contributed by atoms with Gasteiger partial charge in [0.05, 0.1) is 0 Å². The minimum Gasteiger partial charge on any atom is -0.316 e. The largest absolute Gasteiger partial charge is 0.316 e. The van der Waals surface area contributed by atoms with E-state index in [9.17, 15) is 0 Å². The molecular weight excluding hydrogens is 208 g/mol. The highest BCUT2D eigenvalue weighted by Gasteiger charge is 2.27. The topological polar surface area (TPSA) is 24.9 Å². The van der Waals surface area contributed by atoms with Gasteiger partial charge in [0.25, 0.3) is 0 Å². The molecular formula is C15H26N2. The van der Waals surface area contributed by atoms with Crippen molar-refractivity contribution in [3.8, 4) is 0 Å². The van der Waals surface area contributed by atoms with Gasteiger partial charge in [-0.25, -0.2) is 0 Å². The predicted molar refractivity (Wildman–Crippen MR) is 74.2 cm³/mol. The number of nitrogens with zero attached hydrogens (tertiary/aromatic N) is 1. The van der Waals surface area contributed by atoms with E-state index in [-0.39, 0.29) is 5.41 Å². The number of pyridine rings is 1. The Kier molecular flexibility index (Phi) is 5.63. The molecule has 0 aliphatic heterocycles. The van der Waals surface area contributed by atoms with Gasteiger partial charge in [0.1, 0.15) is 0 Å². The van der Waals surface area contributed by atoms with E-state index in [0.717, 1.165) is 13.1 Å². The van der Waals surface area contributed by atoms with Crippen LogP contribution in [0.5, 0.6) is 0 Å². The lowest BCUT2D eigenvalue weighted by Crippen LogP contribution is -2.38. The van der Waals surface area contributed by atoms with Crippen LogP contribution in [0.2, 0.25) is 0 Å². The summed E-state index contributed by atoms with van der Waals surface area (Å²) in [5, 5.41) is 3.61. The maximum absolute atomic E-state index is 4.12. The van der Waals surface area contributed by atoms with E-state index in [1.165, 1.54) is 18.4 Å². The SMILES string of the molecule is CCC(CC)(CNCC(C)C)c1ccncc1. The minimum absolute atomic E-state index is 0.262. The van der Waals surface area contributed by atoms with E-state index in [1.807, 2.05) is 12.4 Å². The Hall–Kier alpha value is -0.890. The average molecular weight is 234 g/mol. The van der Waals surface area contributed by atoms with Gasteiger partial charge in [0.2, 0.25) is 0 Å². The van der Waals surface area contributed by atoms with Gasteiger partial charge in [0.15, 0.2) is 0 Å². The molecule has 0 bridgehead atoms. The fraction of sp³-hybridized carbons (Fsp3) is 0.667. The standard InChI is InChI=1S/C15H26N2/c1-5-15(6-2,12-17-11-13(3)4)14-7-9-16-10-8-14/h7-10,13,17H,5-6,11-12H2,1-4H3. The summed E-state index contributed by atoms with van der Waals surface area (Å²) in [6.45, 7) is 11.2. The lowest BCUT2D eigenvalue weighted by molar-refractivity contribution is 0.358. The normalized spacial score (nSPS) is 12.1. The van der Waals surface area contributed by atoms with Crippen molar-refractivity contribution < 1.29 is 0 Å². The van der Waals surface area contributed by atoms with Gasteiger partial charge in [-0.1, -0.05) is 27.7 Å². The summed E-state index contributed by atoms with van der Waals surface area (Å²) >= 11 is 0. The van der Waals surface area contributed by atoms with Crippen LogP contribution in [0.25, 0.3) is 0 Å². The highest BCUT2D eigenvalue weighted by molar-refractivity contribution is 5.23. The summed E-state index contributed by atoms with van der Waals surface area (Å²) in [5.74, 6) is 0.707. The van der Waals surface area contributed by atoms with Crippen LogP contribution < -0.4 is 5.32 Å². The van der Waals surface area contributed by atoms with Gasteiger partial charge in [-0.3, -0.25) is 4.98 Å². The highest BCUT2D eigenvalue weighted by Crippen LogP contribution is 2.30. The fourth-order valence-electron chi connectivity index (χ4n) is 2.32. The van der Waals surface area contributed by atoms with E-state index < -0.39 is 0 Å². The van der Waals surface area contributed by atoms with Gasteiger partial charge >= 0.3 is 0 Å². The first-order chi connectivity index (χ1) is 8.14. The lowest BCUT2D eigenvalue weighted by Gasteiger charge is -2.33. The molecule has 0 unspecified atom stereocenters. The predicted octanol–water partition coefficient (Wildman–Crippen LogP) is 3.39. The molecule has 0 fully saturated rings. The first kappa shape index (κ1) is 14.2. The molecule has 0 atom stereocenters. The van der Waals surface area contributed by atoms with Gasteiger partial charge in [-0.05, 0) is 43.0 Å². The molecule has 0 amide bonds. The minimum atomic E-state index is 0.262. The zero-order chi connectivity index (χ0) is 12.7.